The second-order valence-electron chi connectivity index (χ2n) is 5.99. The van der Waals surface area contributed by atoms with Gasteiger partial charge in [-0.3, -0.25) is 0 Å². The maximum absolute atomic E-state index is 10.5. The van der Waals surface area contributed by atoms with Crippen LogP contribution in [0, 0.1) is 0 Å². The molecule has 0 bridgehead atoms. The van der Waals surface area contributed by atoms with Crippen molar-refractivity contribution in [3.63, 3.8) is 0 Å². The third-order valence-electron chi connectivity index (χ3n) is 3.71. The quantitative estimate of drug-likeness (QED) is 0.271. The molecule has 2 aromatic carbocycles. The normalized spacial score (nSPS) is 11.0. The molecule has 0 atom stereocenters. The minimum absolute atomic E-state index is 0.369. The molecule has 8 nitrogen and oxygen atoms in total. The molecule has 0 aliphatic rings. The van der Waals surface area contributed by atoms with E-state index in [0.29, 0.717) is 53.6 Å². The van der Waals surface area contributed by atoms with Gasteiger partial charge in [-0.2, -0.15) is 0 Å². The SMILES string of the molecule is Nc1cc(/C=C/C(=O)O)ccc1OCCCOc1ccc(/C=C/C(=O)O)cc1N. The van der Waals surface area contributed by atoms with E-state index in [1.165, 1.54) is 12.2 Å². The number of nitrogens with two attached hydrogens (primary N) is 2. The monoisotopic (exact) mass is 398 g/mol. The predicted molar refractivity (Wildman–Crippen MR) is 111 cm³/mol. The van der Waals surface area contributed by atoms with Gasteiger partial charge in [-0.1, -0.05) is 12.1 Å². The Kier molecular flexibility index (Phi) is 7.67. The lowest BCUT2D eigenvalue weighted by molar-refractivity contribution is -0.132. The van der Waals surface area contributed by atoms with E-state index in [9.17, 15) is 9.59 Å². The van der Waals surface area contributed by atoms with Crippen molar-refractivity contribution in [2.24, 2.45) is 0 Å². The fourth-order valence-electron chi connectivity index (χ4n) is 2.36. The minimum Gasteiger partial charge on any atom is -0.491 e. The standard InChI is InChI=1S/C21H22N2O6/c22-16-12-14(4-8-20(24)25)2-6-18(16)28-10-1-11-29-19-7-3-15(13-17(19)23)5-9-21(26)27/h2-9,12-13H,1,10-11,22-23H2,(H,24,25)(H,26,27)/b8-4+,9-5+. The van der Waals surface area contributed by atoms with Crippen molar-refractivity contribution in [3.8, 4) is 11.5 Å². The number of hydrogen-bond acceptors (Lipinski definition) is 6. The molecule has 0 radical (unpaired) electrons. The number of nitrogen functional groups attached to an aromatic ring is 2. The first kappa shape index (κ1) is 21.4. The highest BCUT2D eigenvalue weighted by atomic mass is 16.5. The Morgan fingerprint density at radius 1 is 0.793 bits per heavy atom. The molecule has 8 heteroatoms. The first-order chi connectivity index (χ1) is 13.8. The van der Waals surface area contributed by atoms with Crippen LogP contribution in [0.25, 0.3) is 12.2 Å². The van der Waals surface area contributed by atoms with Gasteiger partial charge in [-0.25, -0.2) is 9.59 Å². The summed E-state index contributed by atoms with van der Waals surface area (Å²) in [4.78, 5) is 21.1. The Balaban J connectivity index is 1.80. The van der Waals surface area contributed by atoms with E-state index >= 15 is 0 Å². The second kappa shape index (κ2) is 10.4. The number of carboxylic acids is 2. The zero-order valence-corrected chi connectivity index (χ0v) is 15.6. The molecule has 6 N–H and O–H groups in total. The van der Waals surface area contributed by atoms with Crippen LogP contribution in [0.1, 0.15) is 17.5 Å². The average molecular weight is 398 g/mol. The Hall–Kier alpha value is -3.94. The van der Waals surface area contributed by atoms with Crippen LogP contribution in [0.15, 0.2) is 48.6 Å². The number of carboxylic acid groups (broad SMARTS) is 2. The molecule has 0 aliphatic heterocycles. The number of carbonyl (C=O) groups is 2. The molecule has 0 saturated heterocycles. The lowest BCUT2D eigenvalue weighted by Gasteiger charge is -2.11. The summed E-state index contributed by atoms with van der Waals surface area (Å²) in [5, 5.41) is 17.3. The maximum Gasteiger partial charge on any atom is 0.328 e. The molecule has 0 aliphatic carbocycles. The van der Waals surface area contributed by atoms with Crippen LogP contribution >= 0.6 is 0 Å². The van der Waals surface area contributed by atoms with Gasteiger partial charge in [-0.05, 0) is 47.5 Å². The van der Waals surface area contributed by atoms with Crippen molar-refractivity contribution in [1.82, 2.24) is 0 Å². The van der Waals surface area contributed by atoms with Gasteiger partial charge in [0.2, 0.25) is 0 Å². The van der Waals surface area contributed by atoms with E-state index in [-0.39, 0.29) is 0 Å². The molecule has 0 spiro atoms. The first-order valence-electron chi connectivity index (χ1n) is 8.72. The summed E-state index contributed by atoms with van der Waals surface area (Å²) < 4.78 is 11.2. The average Bonchev–Trinajstić information content (AvgIpc) is 2.67. The molecule has 29 heavy (non-hydrogen) atoms. The van der Waals surface area contributed by atoms with Gasteiger partial charge in [0, 0.05) is 18.6 Å². The van der Waals surface area contributed by atoms with Crippen molar-refractivity contribution < 1.29 is 29.3 Å². The molecule has 0 unspecified atom stereocenters. The highest BCUT2D eigenvalue weighted by molar-refractivity contribution is 5.86. The summed E-state index contributed by atoms with van der Waals surface area (Å²) in [5.74, 6) is -1.05. The van der Waals surface area contributed by atoms with E-state index in [4.69, 9.17) is 31.2 Å². The molecule has 0 amide bonds. The van der Waals surface area contributed by atoms with E-state index in [0.717, 1.165) is 12.2 Å². The van der Waals surface area contributed by atoms with Crippen LogP contribution in [0.5, 0.6) is 11.5 Å². The summed E-state index contributed by atoms with van der Waals surface area (Å²) >= 11 is 0. The number of hydrogen-bond donors (Lipinski definition) is 4. The molecule has 152 valence electrons. The van der Waals surface area contributed by atoms with Gasteiger partial charge < -0.3 is 31.2 Å². The molecule has 2 aromatic rings. The Morgan fingerprint density at radius 3 is 1.55 bits per heavy atom. The summed E-state index contributed by atoms with van der Waals surface area (Å²) in [5.41, 5.74) is 14.0. The number of benzene rings is 2. The third kappa shape index (κ3) is 7.30. The van der Waals surface area contributed by atoms with Gasteiger partial charge >= 0.3 is 11.9 Å². The largest absolute Gasteiger partial charge is 0.491 e. The van der Waals surface area contributed by atoms with Crippen molar-refractivity contribution >= 4 is 35.5 Å². The van der Waals surface area contributed by atoms with Crippen LogP contribution in [-0.2, 0) is 9.59 Å². The second-order valence-corrected chi connectivity index (χ2v) is 5.99. The van der Waals surface area contributed by atoms with Crippen LogP contribution in [0.4, 0.5) is 11.4 Å². The number of anilines is 2. The number of rotatable bonds is 10. The van der Waals surface area contributed by atoms with Crippen LogP contribution < -0.4 is 20.9 Å². The summed E-state index contributed by atoms with van der Waals surface area (Å²) in [7, 11) is 0. The van der Waals surface area contributed by atoms with E-state index in [1.54, 1.807) is 36.4 Å². The van der Waals surface area contributed by atoms with Crippen molar-refractivity contribution in [2.75, 3.05) is 24.7 Å². The van der Waals surface area contributed by atoms with Crippen molar-refractivity contribution in [2.45, 2.75) is 6.42 Å². The van der Waals surface area contributed by atoms with Gasteiger partial charge in [0.1, 0.15) is 11.5 Å². The van der Waals surface area contributed by atoms with Crippen molar-refractivity contribution in [1.29, 1.82) is 0 Å². The summed E-state index contributed by atoms with van der Waals surface area (Å²) in [6.07, 6.45) is 5.55. The number of ether oxygens (including phenoxy) is 2. The minimum atomic E-state index is -1.03. The Bertz CT molecular complexity index is 861. The van der Waals surface area contributed by atoms with Crippen LogP contribution in [0.3, 0.4) is 0 Å². The lowest BCUT2D eigenvalue weighted by atomic mass is 10.1. The van der Waals surface area contributed by atoms with Crippen LogP contribution in [0.2, 0.25) is 0 Å². The van der Waals surface area contributed by atoms with E-state index in [2.05, 4.69) is 0 Å². The molecular formula is C21H22N2O6. The Labute approximate surface area is 167 Å². The smallest absolute Gasteiger partial charge is 0.328 e. The number of aliphatic carboxylic acids is 2. The molecule has 2 rings (SSSR count). The van der Waals surface area contributed by atoms with Crippen molar-refractivity contribution in [3.05, 3.63) is 59.7 Å². The topological polar surface area (TPSA) is 145 Å². The summed E-state index contributed by atoms with van der Waals surface area (Å²) in [6, 6.07) is 10.0. The van der Waals surface area contributed by atoms with Gasteiger partial charge in [0.15, 0.2) is 0 Å². The lowest BCUT2D eigenvalue weighted by Crippen LogP contribution is -2.07. The fourth-order valence-corrected chi connectivity index (χ4v) is 2.36. The van der Waals surface area contributed by atoms with E-state index < -0.39 is 11.9 Å². The first-order valence-corrected chi connectivity index (χ1v) is 8.72. The zero-order valence-electron chi connectivity index (χ0n) is 15.6. The maximum atomic E-state index is 10.5. The molecular weight excluding hydrogens is 376 g/mol. The zero-order chi connectivity index (χ0) is 21.2. The van der Waals surface area contributed by atoms with Gasteiger partial charge in [-0.15, -0.1) is 0 Å². The van der Waals surface area contributed by atoms with Gasteiger partial charge in [0.05, 0.1) is 24.6 Å². The summed E-state index contributed by atoms with van der Waals surface area (Å²) in [6.45, 7) is 0.738. The predicted octanol–water partition coefficient (Wildman–Crippen LogP) is 2.89. The molecule has 0 fully saturated rings. The van der Waals surface area contributed by atoms with Gasteiger partial charge in [0.25, 0.3) is 0 Å². The van der Waals surface area contributed by atoms with Crippen LogP contribution in [-0.4, -0.2) is 35.4 Å². The molecule has 0 heterocycles. The molecule has 0 saturated carbocycles. The highest BCUT2D eigenvalue weighted by Crippen LogP contribution is 2.25. The highest BCUT2D eigenvalue weighted by Gasteiger charge is 2.04. The molecule has 0 aromatic heterocycles. The third-order valence-corrected chi connectivity index (χ3v) is 3.71. The fraction of sp³-hybridized carbons (Fsp3) is 0.143. The van der Waals surface area contributed by atoms with E-state index in [1.807, 2.05) is 0 Å². The Morgan fingerprint density at radius 2 is 1.21 bits per heavy atom.